The second-order valence-electron chi connectivity index (χ2n) is 3.98. The Bertz CT molecular complexity index is 184. The fourth-order valence-electron chi connectivity index (χ4n) is 2.02. The van der Waals surface area contributed by atoms with Crippen molar-refractivity contribution in [3.05, 3.63) is 0 Å². The normalized spacial score (nSPS) is 27.2. The number of thioether (sulfide) groups is 1. The molecule has 0 saturated heterocycles. The molecule has 0 aromatic carbocycles. The molecule has 1 rings (SSSR count). The Morgan fingerprint density at radius 1 is 1.33 bits per heavy atom. The second-order valence-corrected chi connectivity index (χ2v) is 5.06. The minimum atomic E-state index is -4.00. The van der Waals surface area contributed by atoms with Crippen molar-refractivity contribution in [2.75, 3.05) is 12.8 Å². The van der Waals surface area contributed by atoms with Gasteiger partial charge in [0.25, 0.3) is 0 Å². The second kappa shape index (κ2) is 5.99. The van der Waals surface area contributed by atoms with Gasteiger partial charge in [-0.3, -0.25) is 0 Å². The molecule has 90 valence electrons. The van der Waals surface area contributed by atoms with E-state index in [-0.39, 0.29) is 6.42 Å². The van der Waals surface area contributed by atoms with Crippen molar-refractivity contribution >= 4 is 11.8 Å². The molecule has 0 amide bonds. The average molecular weight is 241 g/mol. The van der Waals surface area contributed by atoms with Gasteiger partial charge in [-0.25, -0.2) is 0 Å². The molecule has 1 N–H and O–H groups in total. The maximum absolute atomic E-state index is 11.9. The third-order valence-corrected chi connectivity index (χ3v) is 3.97. The summed E-state index contributed by atoms with van der Waals surface area (Å²) in [5.41, 5.74) is 0. The Morgan fingerprint density at radius 2 is 2.07 bits per heavy atom. The Kier molecular flexibility index (Phi) is 5.26. The van der Waals surface area contributed by atoms with Gasteiger partial charge < -0.3 is 5.32 Å². The summed E-state index contributed by atoms with van der Waals surface area (Å²) >= 11 is 1.82. The molecule has 0 heterocycles. The summed E-state index contributed by atoms with van der Waals surface area (Å²) in [6.45, 7) is 0.487. The molecule has 0 bridgehead atoms. The van der Waals surface area contributed by atoms with Crippen LogP contribution in [0, 0.1) is 0 Å². The van der Waals surface area contributed by atoms with Crippen LogP contribution in [0.4, 0.5) is 13.2 Å². The Labute approximate surface area is 93.2 Å². The molecular weight excluding hydrogens is 223 g/mol. The summed E-state index contributed by atoms with van der Waals surface area (Å²) in [6.07, 6.45) is 1.09. The predicted molar refractivity (Wildman–Crippen MR) is 58.2 cm³/mol. The van der Waals surface area contributed by atoms with E-state index >= 15 is 0 Å². The molecule has 1 aliphatic carbocycles. The van der Waals surface area contributed by atoms with Gasteiger partial charge in [0.05, 0.1) is 0 Å². The van der Waals surface area contributed by atoms with Crippen LogP contribution in [0.5, 0.6) is 0 Å². The van der Waals surface area contributed by atoms with E-state index in [0.29, 0.717) is 17.8 Å². The molecule has 1 fully saturated rings. The molecular formula is C10H18F3NS. The predicted octanol–water partition coefficient (Wildman–Crippen LogP) is 3.20. The van der Waals surface area contributed by atoms with E-state index in [1.807, 2.05) is 11.8 Å². The third-order valence-electron chi connectivity index (χ3n) is 2.80. The van der Waals surface area contributed by atoms with Gasteiger partial charge >= 0.3 is 6.18 Å². The van der Waals surface area contributed by atoms with E-state index in [1.54, 1.807) is 0 Å². The number of nitrogens with one attached hydrogen (secondary N) is 1. The van der Waals surface area contributed by atoms with Crippen LogP contribution >= 0.6 is 11.8 Å². The maximum Gasteiger partial charge on any atom is 0.389 e. The first-order valence-corrected chi connectivity index (χ1v) is 6.64. The smallest absolute Gasteiger partial charge is 0.313 e. The van der Waals surface area contributed by atoms with Crippen molar-refractivity contribution in [3.8, 4) is 0 Å². The van der Waals surface area contributed by atoms with Gasteiger partial charge in [0.2, 0.25) is 0 Å². The van der Waals surface area contributed by atoms with Gasteiger partial charge in [-0.05, 0) is 32.1 Å². The van der Waals surface area contributed by atoms with Crippen LogP contribution in [-0.2, 0) is 0 Å². The van der Waals surface area contributed by atoms with Crippen molar-refractivity contribution < 1.29 is 13.2 Å². The monoisotopic (exact) mass is 241 g/mol. The molecule has 0 aromatic heterocycles. The molecule has 0 aliphatic heterocycles. The Hall–Kier alpha value is 0.100. The Morgan fingerprint density at radius 3 is 2.67 bits per heavy atom. The van der Waals surface area contributed by atoms with Crippen LogP contribution in [-0.4, -0.2) is 30.3 Å². The summed E-state index contributed by atoms with van der Waals surface area (Å²) in [7, 11) is 0. The fraction of sp³-hybridized carbons (Fsp3) is 1.00. The number of hydrogen-bond donors (Lipinski definition) is 1. The van der Waals surface area contributed by atoms with Crippen molar-refractivity contribution in [2.45, 2.75) is 49.6 Å². The summed E-state index contributed by atoms with van der Waals surface area (Å²) < 4.78 is 35.6. The van der Waals surface area contributed by atoms with E-state index < -0.39 is 12.6 Å². The fourth-order valence-corrected chi connectivity index (χ4v) is 2.98. The molecule has 1 nitrogen and oxygen atoms in total. The van der Waals surface area contributed by atoms with E-state index in [0.717, 1.165) is 6.42 Å². The molecule has 5 heteroatoms. The number of halogens is 3. The van der Waals surface area contributed by atoms with E-state index in [2.05, 4.69) is 11.6 Å². The summed E-state index contributed by atoms with van der Waals surface area (Å²) in [6, 6.07) is 0.424. The lowest BCUT2D eigenvalue weighted by Crippen LogP contribution is -2.35. The van der Waals surface area contributed by atoms with Crippen LogP contribution in [0.1, 0.15) is 32.1 Å². The van der Waals surface area contributed by atoms with E-state index in [1.165, 1.54) is 12.8 Å². The third kappa shape index (κ3) is 5.11. The highest BCUT2D eigenvalue weighted by Crippen LogP contribution is 2.28. The van der Waals surface area contributed by atoms with Gasteiger partial charge in [0.1, 0.15) is 0 Å². The van der Waals surface area contributed by atoms with Gasteiger partial charge in [0, 0.05) is 17.7 Å². The lowest BCUT2D eigenvalue weighted by atomic mass is 10.2. The lowest BCUT2D eigenvalue weighted by Gasteiger charge is -2.19. The zero-order valence-corrected chi connectivity index (χ0v) is 9.76. The van der Waals surface area contributed by atoms with Gasteiger partial charge in [0.15, 0.2) is 0 Å². The highest BCUT2D eigenvalue weighted by molar-refractivity contribution is 7.99. The molecule has 2 atom stereocenters. The standard InChI is InChI=1S/C10H18F3NS/c1-15-9-5-2-4-8(9)14-7-3-6-10(11,12)13/h8-9,14H,2-7H2,1H3. The first kappa shape index (κ1) is 13.2. The molecule has 0 spiro atoms. The number of hydrogen-bond acceptors (Lipinski definition) is 2. The van der Waals surface area contributed by atoms with Gasteiger partial charge in [-0.1, -0.05) is 6.42 Å². The van der Waals surface area contributed by atoms with Gasteiger partial charge in [-0.15, -0.1) is 0 Å². The minimum absolute atomic E-state index is 0.196. The van der Waals surface area contributed by atoms with Crippen LogP contribution in [0.25, 0.3) is 0 Å². The molecule has 2 unspecified atom stereocenters. The van der Waals surface area contributed by atoms with Crippen molar-refractivity contribution in [2.24, 2.45) is 0 Å². The van der Waals surface area contributed by atoms with Gasteiger partial charge in [-0.2, -0.15) is 24.9 Å². The molecule has 1 aliphatic rings. The summed E-state index contributed by atoms with van der Waals surface area (Å²) in [4.78, 5) is 0. The highest BCUT2D eigenvalue weighted by Gasteiger charge is 2.28. The zero-order chi connectivity index (χ0) is 11.3. The topological polar surface area (TPSA) is 12.0 Å². The number of rotatable bonds is 5. The first-order chi connectivity index (χ1) is 7.03. The van der Waals surface area contributed by atoms with Crippen LogP contribution < -0.4 is 5.32 Å². The summed E-state index contributed by atoms with van der Waals surface area (Å²) in [5, 5.41) is 3.83. The average Bonchev–Trinajstić information content (AvgIpc) is 2.58. The molecule has 0 aromatic rings. The minimum Gasteiger partial charge on any atom is -0.313 e. The van der Waals surface area contributed by atoms with Crippen molar-refractivity contribution in [1.82, 2.24) is 5.32 Å². The SMILES string of the molecule is CSC1CCCC1NCCCC(F)(F)F. The van der Waals surface area contributed by atoms with Crippen molar-refractivity contribution in [3.63, 3.8) is 0 Å². The van der Waals surface area contributed by atoms with Crippen LogP contribution in [0.15, 0.2) is 0 Å². The molecule has 1 saturated carbocycles. The van der Waals surface area contributed by atoms with E-state index in [4.69, 9.17) is 0 Å². The molecule has 15 heavy (non-hydrogen) atoms. The largest absolute Gasteiger partial charge is 0.389 e. The molecule has 0 radical (unpaired) electrons. The summed E-state index contributed by atoms with van der Waals surface area (Å²) in [5.74, 6) is 0. The number of alkyl halides is 3. The maximum atomic E-state index is 11.9. The van der Waals surface area contributed by atoms with E-state index in [9.17, 15) is 13.2 Å². The van der Waals surface area contributed by atoms with Crippen molar-refractivity contribution in [1.29, 1.82) is 0 Å². The van der Waals surface area contributed by atoms with Crippen LogP contribution in [0.3, 0.4) is 0 Å². The highest BCUT2D eigenvalue weighted by atomic mass is 32.2. The Balaban J connectivity index is 2.09. The lowest BCUT2D eigenvalue weighted by molar-refractivity contribution is -0.135. The quantitative estimate of drug-likeness (QED) is 0.742. The van der Waals surface area contributed by atoms with Crippen LogP contribution in [0.2, 0.25) is 0 Å². The zero-order valence-electron chi connectivity index (χ0n) is 8.94. The first-order valence-electron chi connectivity index (χ1n) is 5.36.